The molecule has 1 aliphatic heterocycles. The van der Waals surface area contributed by atoms with Crippen LogP contribution in [0.15, 0.2) is 22.7 Å². The van der Waals surface area contributed by atoms with Crippen LogP contribution in [-0.2, 0) is 6.18 Å². The molecule has 0 spiro atoms. The number of nitrogens with one attached hydrogen (secondary N) is 1. The van der Waals surface area contributed by atoms with E-state index in [1.165, 1.54) is 12.1 Å². The van der Waals surface area contributed by atoms with Gasteiger partial charge in [-0.05, 0) is 36.1 Å². The number of benzene rings is 1. The first kappa shape index (κ1) is 17.8. The number of halogens is 4. The summed E-state index contributed by atoms with van der Waals surface area (Å²) in [5, 5.41) is 3.29. The molecule has 22 heavy (non-hydrogen) atoms. The highest BCUT2D eigenvalue weighted by molar-refractivity contribution is 9.10. The molecule has 0 amide bonds. The molecule has 1 atom stereocenters. The first-order valence-electron chi connectivity index (χ1n) is 7.60. The Morgan fingerprint density at radius 1 is 1.23 bits per heavy atom. The van der Waals surface area contributed by atoms with Gasteiger partial charge in [-0.25, -0.2) is 0 Å². The van der Waals surface area contributed by atoms with Crippen molar-refractivity contribution in [2.75, 3.05) is 26.2 Å². The zero-order valence-electron chi connectivity index (χ0n) is 12.9. The van der Waals surface area contributed by atoms with E-state index in [1.807, 2.05) is 0 Å². The van der Waals surface area contributed by atoms with Crippen molar-refractivity contribution in [3.63, 3.8) is 0 Å². The Balaban J connectivity index is 2.37. The minimum Gasteiger partial charge on any atom is -0.314 e. The van der Waals surface area contributed by atoms with Crippen molar-refractivity contribution in [2.45, 2.75) is 32.5 Å². The quantitative estimate of drug-likeness (QED) is 0.831. The van der Waals surface area contributed by atoms with Gasteiger partial charge in [0.2, 0.25) is 0 Å². The third kappa shape index (κ3) is 4.46. The summed E-state index contributed by atoms with van der Waals surface area (Å²) >= 11 is 3.44. The van der Waals surface area contributed by atoms with Gasteiger partial charge in [0.05, 0.1) is 5.56 Å². The molecule has 124 valence electrons. The van der Waals surface area contributed by atoms with Crippen molar-refractivity contribution in [1.29, 1.82) is 0 Å². The summed E-state index contributed by atoms with van der Waals surface area (Å²) in [6.07, 6.45) is -3.46. The van der Waals surface area contributed by atoms with Crippen molar-refractivity contribution < 1.29 is 13.2 Å². The van der Waals surface area contributed by atoms with Crippen molar-refractivity contribution in [1.82, 2.24) is 10.2 Å². The smallest absolute Gasteiger partial charge is 0.314 e. The van der Waals surface area contributed by atoms with Gasteiger partial charge in [0, 0.05) is 36.7 Å². The van der Waals surface area contributed by atoms with Crippen molar-refractivity contribution >= 4 is 15.9 Å². The summed E-state index contributed by atoms with van der Waals surface area (Å²) in [5.41, 5.74) is 0.167. The molecule has 1 fully saturated rings. The van der Waals surface area contributed by atoms with Crippen LogP contribution in [0, 0.1) is 5.92 Å². The lowest BCUT2D eigenvalue weighted by Gasteiger charge is -2.37. The molecule has 2 nitrogen and oxygen atoms in total. The zero-order chi connectivity index (χ0) is 16.3. The second kappa shape index (κ2) is 7.32. The fourth-order valence-electron chi connectivity index (χ4n) is 2.89. The van der Waals surface area contributed by atoms with Gasteiger partial charge in [-0.2, -0.15) is 13.2 Å². The summed E-state index contributed by atoms with van der Waals surface area (Å²) in [5.74, 6) is 0.418. The van der Waals surface area contributed by atoms with Crippen molar-refractivity contribution in [3.8, 4) is 0 Å². The Hall–Kier alpha value is -0.590. The highest BCUT2D eigenvalue weighted by Gasteiger charge is 2.33. The molecule has 1 aromatic rings. The van der Waals surface area contributed by atoms with Crippen LogP contribution in [0.5, 0.6) is 0 Å². The van der Waals surface area contributed by atoms with Crippen molar-refractivity contribution in [2.24, 2.45) is 5.92 Å². The average Bonchev–Trinajstić information content (AvgIpc) is 2.45. The second-order valence-electron chi connectivity index (χ2n) is 6.17. The Kier molecular flexibility index (Phi) is 5.91. The van der Waals surface area contributed by atoms with E-state index in [4.69, 9.17) is 0 Å². The van der Waals surface area contributed by atoms with Gasteiger partial charge in [0.25, 0.3) is 0 Å². The molecule has 1 saturated heterocycles. The fourth-order valence-corrected chi connectivity index (χ4v) is 3.40. The van der Waals surface area contributed by atoms with Crippen LogP contribution in [0.3, 0.4) is 0 Å². The minimum absolute atomic E-state index is 0.0128. The Morgan fingerprint density at radius 2 is 1.86 bits per heavy atom. The van der Waals surface area contributed by atoms with Crippen LogP contribution >= 0.6 is 15.9 Å². The molecule has 1 aromatic carbocycles. The Bertz CT molecular complexity index is 497. The van der Waals surface area contributed by atoms with E-state index in [0.29, 0.717) is 5.92 Å². The SMILES string of the molecule is CC(C)C[C@H](c1cc(C(F)(F)F)ccc1Br)N1CCNCC1. The van der Waals surface area contributed by atoms with Gasteiger partial charge in [-0.1, -0.05) is 29.8 Å². The molecular weight excluding hydrogens is 357 g/mol. The molecule has 0 bridgehead atoms. The molecule has 2 rings (SSSR count). The number of alkyl halides is 3. The second-order valence-corrected chi connectivity index (χ2v) is 7.02. The maximum Gasteiger partial charge on any atom is 0.416 e. The highest BCUT2D eigenvalue weighted by Crippen LogP contribution is 2.37. The fraction of sp³-hybridized carbons (Fsp3) is 0.625. The van der Waals surface area contributed by atoms with Gasteiger partial charge >= 0.3 is 6.18 Å². The van der Waals surface area contributed by atoms with E-state index in [-0.39, 0.29) is 6.04 Å². The van der Waals surface area contributed by atoms with E-state index >= 15 is 0 Å². The maximum absolute atomic E-state index is 13.0. The largest absolute Gasteiger partial charge is 0.416 e. The van der Waals surface area contributed by atoms with Gasteiger partial charge in [-0.15, -0.1) is 0 Å². The first-order chi connectivity index (χ1) is 10.3. The molecule has 0 aromatic heterocycles. The monoisotopic (exact) mass is 378 g/mol. The molecule has 0 unspecified atom stereocenters. The van der Waals surface area contributed by atoms with Crippen molar-refractivity contribution in [3.05, 3.63) is 33.8 Å². The number of hydrogen-bond donors (Lipinski definition) is 1. The van der Waals surface area contributed by atoms with Crippen LogP contribution in [0.25, 0.3) is 0 Å². The lowest BCUT2D eigenvalue weighted by atomic mass is 9.93. The summed E-state index contributed by atoms with van der Waals surface area (Å²) < 4.78 is 39.8. The predicted octanol–water partition coefficient (Wildman–Crippen LogP) is 4.46. The number of hydrogen-bond acceptors (Lipinski definition) is 2. The van der Waals surface area contributed by atoms with Crippen LogP contribution in [0.2, 0.25) is 0 Å². The predicted molar refractivity (Wildman–Crippen MR) is 85.8 cm³/mol. The molecule has 1 aliphatic rings. The van der Waals surface area contributed by atoms with Gasteiger partial charge in [0.15, 0.2) is 0 Å². The van der Waals surface area contributed by atoms with E-state index in [9.17, 15) is 13.2 Å². The zero-order valence-corrected chi connectivity index (χ0v) is 14.5. The molecule has 0 aliphatic carbocycles. The molecular formula is C16H22BrF3N2. The summed E-state index contributed by atoms with van der Waals surface area (Å²) in [7, 11) is 0. The molecule has 6 heteroatoms. The first-order valence-corrected chi connectivity index (χ1v) is 8.39. The maximum atomic E-state index is 13.0. The van der Waals surface area contributed by atoms with Gasteiger partial charge in [-0.3, -0.25) is 4.90 Å². The van der Waals surface area contributed by atoms with E-state index in [2.05, 4.69) is 40.0 Å². The molecule has 0 saturated carbocycles. The molecule has 0 radical (unpaired) electrons. The standard InChI is InChI=1S/C16H22BrF3N2/c1-11(2)9-15(22-7-5-21-6-8-22)13-10-12(16(18,19)20)3-4-14(13)17/h3-4,10-11,15,21H,5-9H2,1-2H3/t15-/m1/s1. The van der Waals surface area contributed by atoms with E-state index < -0.39 is 11.7 Å². The minimum atomic E-state index is -4.30. The van der Waals surface area contributed by atoms with Gasteiger partial charge < -0.3 is 5.32 Å². The topological polar surface area (TPSA) is 15.3 Å². The number of piperazine rings is 1. The summed E-state index contributed by atoms with van der Waals surface area (Å²) in [6.45, 7) is 7.70. The van der Waals surface area contributed by atoms with Crippen LogP contribution in [0.4, 0.5) is 13.2 Å². The lowest BCUT2D eigenvalue weighted by molar-refractivity contribution is -0.137. The third-order valence-electron chi connectivity index (χ3n) is 3.97. The number of rotatable bonds is 4. The highest BCUT2D eigenvalue weighted by atomic mass is 79.9. The average molecular weight is 379 g/mol. The van der Waals surface area contributed by atoms with Crippen LogP contribution < -0.4 is 5.32 Å². The van der Waals surface area contributed by atoms with Crippen LogP contribution in [0.1, 0.15) is 37.4 Å². The van der Waals surface area contributed by atoms with E-state index in [1.54, 1.807) is 0 Å². The third-order valence-corrected chi connectivity index (χ3v) is 4.69. The van der Waals surface area contributed by atoms with E-state index in [0.717, 1.165) is 48.7 Å². The lowest BCUT2D eigenvalue weighted by Crippen LogP contribution is -2.45. The molecule has 1 N–H and O–H groups in total. The Labute approximate surface area is 138 Å². The van der Waals surface area contributed by atoms with Crippen LogP contribution in [-0.4, -0.2) is 31.1 Å². The number of nitrogens with zero attached hydrogens (tertiary/aromatic N) is 1. The van der Waals surface area contributed by atoms with Gasteiger partial charge in [0.1, 0.15) is 0 Å². The normalized spacial score (nSPS) is 18.7. The molecule has 1 heterocycles. The summed E-state index contributed by atoms with van der Waals surface area (Å²) in [4.78, 5) is 2.29. The summed E-state index contributed by atoms with van der Waals surface area (Å²) in [6, 6.07) is 3.98. The Morgan fingerprint density at radius 3 is 2.41 bits per heavy atom.